The SMILES string of the molecule is CCO[SiH](OCC)C(C)OC(=O)c1ccncc1. The van der Waals surface area contributed by atoms with E-state index in [-0.39, 0.29) is 11.7 Å². The van der Waals surface area contributed by atoms with Gasteiger partial charge in [0.1, 0.15) is 5.73 Å². The van der Waals surface area contributed by atoms with Gasteiger partial charge in [0.15, 0.2) is 0 Å². The van der Waals surface area contributed by atoms with Crippen molar-refractivity contribution in [1.82, 2.24) is 4.98 Å². The van der Waals surface area contributed by atoms with Crippen LogP contribution in [0.5, 0.6) is 0 Å². The van der Waals surface area contributed by atoms with Gasteiger partial charge in [-0.05, 0) is 32.9 Å². The normalized spacial score (nSPS) is 12.4. The molecule has 0 bridgehead atoms. The second kappa shape index (κ2) is 7.96. The first kappa shape index (κ1) is 14.8. The molecule has 0 aliphatic carbocycles. The van der Waals surface area contributed by atoms with E-state index in [9.17, 15) is 4.79 Å². The van der Waals surface area contributed by atoms with E-state index in [1.807, 2.05) is 13.8 Å². The van der Waals surface area contributed by atoms with Crippen molar-refractivity contribution in [1.29, 1.82) is 0 Å². The molecule has 0 saturated heterocycles. The maximum atomic E-state index is 11.8. The molecule has 1 heterocycles. The topological polar surface area (TPSA) is 57.7 Å². The molecule has 6 heteroatoms. The average Bonchev–Trinajstić information content (AvgIpc) is 2.39. The molecular formula is C12H19NO4Si. The second-order valence-electron chi connectivity index (χ2n) is 3.63. The molecule has 100 valence electrons. The van der Waals surface area contributed by atoms with Crippen molar-refractivity contribution < 1.29 is 18.4 Å². The van der Waals surface area contributed by atoms with Crippen LogP contribution in [0.3, 0.4) is 0 Å². The summed E-state index contributed by atoms with van der Waals surface area (Å²) < 4.78 is 16.4. The van der Waals surface area contributed by atoms with Crippen LogP contribution in [0.1, 0.15) is 31.1 Å². The Labute approximate surface area is 109 Å². The van der Waals surface area contributed by atoms with Gasteiger partial charge < -0.3 is 13.6 Å². The van der Waals surface area contributed by atoms with E-state index in [1.165, 1.54) is 0 Å². The predicted molar refractivity (Wildman–Crippen MR) is 69.5 cm³/mol. The number of pyridine rings is 1. The third kappa shape index (κ3) is 4.56. The van der Waals surface area contributed by atoms with Crippen LogP contribution in [-0.2, 0) is 13.6 Å². The number of carbonyl (C=O) groups is 1. The lowest BCUT2D eigenvalue weighted by atomic mass is 10.3. The van der Waals surface area contributed by atoms with Crippen molar-refractivity contribution in [3.05, 3.63) is 30.1 Å². The van der Waals surface area contributed by atoms with Gasteiger partial charge in [-0.3, -0.25) is 4.98 Å². The van der Waals surface area contributed by atoms with Crippen LogP contribution in [0.2, 0.25) is 0 Å². The van der Waals surface area contributed by atoms with E-state index in [0.717, 1.165) is 0 Å². The fourth-order valence-corrected chi connectivity index (χ4v) is 2.96. The molecule has 0 saturated carbocycles. The summed E-state index contributed by atoms with van der Waals surface area (Å²) in [5, 5.41) is 0. The Morgan fingerprint density at radius 1 is 1.28 bits per heavy atom. The van der Waals surface area contributed by atoms with Gasteiger partial charge in [0, 0.05) is 25.6 Å². The number of nitrogens with zero attached hydrogens (tertiary/aromatic N) is 1. The fraction of sp³-hybridized carbons (Fsp3) is 0.500. The van der Waals surface area contributed by atoms with E-state index in [1.54, 1.807) is 31.5 Å². The van der Waals surface area contributed by atoms with Crippen molar-refractivity contribution in [3.63, 3.8) is 0 Å². The van der Waals surface area contributed by atoms with Gasteiger partial charge in [0.25, 0.3) is 0 Å². The minimum atomic E-state index is -1.97. The highest BCUT2D eigenvalue weighted by Crippen LogP contribution is 2.07. The van der Waals surface area contributed by atoms with Gasteiger partial charge >= 0.3 is 15.3 Å². The van der Waals surface area contributed by atoms with Gasteiger partial charge in [0.2, 0.25) is 0 Å². The number of ether oxygens (including phenoxy) is 1. The Hall–Kier alpha value is -1.24. The number of hydrogen-bond acceptors (Lipinski definition) is 5. The molecule has 1 aromatic rings. The smallest absolute Gasteiger partial charge is 0.363 e. The second-order valence-corrected chi connectivity index (χ2v) is 5.97. The van der Waals surface area contributed by atoms with Crippen LogP contribution in [0.4, 0.5) is 0 Å². The van der Waals surface area contributed by atoms with Crippen molar-refractivity contribution in [2.24, 2.45) is 0 Å². The summed E-state index contributed by atoms with van der Waals surface area (Å²) in [5.74, 6) is -0.373. The maximum Gasteiger partial charge on any atom is 0.363 e. The lowest BCUT2D eigenvalue weighted by Crippen LogP contribution is -2.38. The zero-order valence-corrected chi connectivity index (χ0v) is 12.1. The molecule has 0 aliphatic rings. The minimum absolute atomic E-state index is 0.328. The van der Waals surface area contributed by atoms with Gasteiger partial charge in [-0.25, -0.2) is 4.79 Å². The Morgan fingerprint density at radius 3 is 2.33 bits per heavy atom. The molecule has 1 rings (SSSR count). The van der Waals surface area contributed by atoms with Gasteiger partial charge in [-0.15, -0.1) is 0 Å². The van der Waals surface area contributed by atoms with Crippen molar-refractivity contribution >= 4 is 15.3 Å². The van der Waals surface area contributed by atoms with Crippen LogP contribution in [-0.4, -0.2) is 39.2 Å². The number of hydrogen-bond donors (Lipinski definition) is 0. The third-order valence-corrected chi connectivity index (χ3v) is 4.48. The molecule has 1 atom stereocenters. The third-order valence-electron chi connectivity index (χ3n) is 2.25. The highest BCUT2D eigenvalue weighted by Gasteiger charge is 2.25. The van der Waals surface area contributed by atoms with E-state index in [2.05, 4.69) is 4.98 Å². The van der Waals surface area contributed by atoms with Crippen LogP contribution in [0.15, 0.2) is 24.5 Å². The van der Waals surface area contributed by atoms with Crippen molar-refractivity contribution in [3.8, 4) is 0 Å². The van der Waals surface area contributed by atoms with E-state index < -0.39 is 9.28 Å². The van der Waals surface area contributed by atoms with Crippen LogP contribution < -0.4 is 0 Å². The highest BCUT2D eigenvalue weighted by atomic mass is 28.3. The zero-order valence-electron chi connectivity index (χ0n) is 11.0. The first-order chi connectivity index (χ1) is 8.69. The number of carbonyl (C=O) groups excluding carboxylic acids is 1. The summed E-state index contributed by atoms with van der Waals surface area (Å²) in [4.78, 5) is 15.7. The fourth-order valence-electron chi connectivity index (χ4n) is 1.43. The van der Waals surface area contributed by atoms with Gasteiger partial charge in [-0.1, -0.05) is 0 Å². The Morgan fingerprint density at radius 2 is 1.83 bits per heavy atom. The highest BCUT2D eigenvalue weighted by molar-refractivity contribution is 6.46. The summed E-state index contributed by atoms with van der Waals surface area (Å²) in [6.45, 7) is 6.73. The first-order valence-electron chi connectivity index (χ1n) is 6.03. The zero-order chi connectivity index (χ0) is 13.4. The number of esters is 1. The summed E-state index contributed by atoms with van der Waals surface area (Å²) in [5.41, 5.74) is 0.156. The monoisotopic (exact) mass is 269 g/mol. The summed E-state index contributed by atoms with van der Waals surface area (Å²) in [6, 6.07) is 3.24. The molecule has 1 aromatic heterocycles. The Balaban J connectivity index is 2.57. The van der Waals surface area contributed by atoms with Crippen molar-refractivity contribution in [2.75, 3.05) is 13.2 Å². The lowest BCUT2D eigenvalue weighted by molar-refractivity contribution is 0.0374. The standard InChI is InChI=1S/C12H19NO4Si/c1-4-15-18(16-5-2)10(3)17-12(14)11-6-8-13-9-7-11/h6-10,18H,4-5H2,1-3H3. The quantitative estimate of drug-likeness (QED) is 0.554. The molecule has 0 fully saturated rings. The molecule has 1 unspecified atom stereocenters. The molecule has 0 amide bonds. The molecule has 0 aromatic carbocycles. The van der Waals surface area contributed by atoms with Crippen LogP contribution in [0, 0.1) is 0 Å². The molecule has 18 heavy (non-hydrogen) atoms. The first-order valence-corrected chi connectivity index (χ1v) is 7.64. The summed E-state index contributed by atoms with van der Waals surface area (Å²) in [7, 11) is -1.97. The molecule has 0 N–H and O–H groups in total. The predicted octanol–water partition coefficient (Wildman–Crippen LogP) is 1.46. The minimum Gasteiger partial charge on any atom is -0.457 e. The van der Waals surface area contributed by atoms with Crippen LogP contribution in [0.25, 0.3) is 0 Å². The lowest BCUT2D eigenvalue weighted by Gasteiger charge is -2.21. The summed E-state index contributed by atoms with van der Waals surface area (Å²) in [6.07, 6.45) is 3.11. The molecule has 5 nitrogen and oxygen atoms in total. The maximum absolute atomic E-state index is 11.8. The largest absolute Gasteiger partial charge is 0.457 e. The van der Waals surface area contributed by atoms with E-state index in [0.29, 0.717) is 18.8 Å². The molecule has 0 aliphatic heterocycles. The van der Waals surface area contributed by atoms with E-state index >= 15 is 0 Å². The van der Waals surface area contributed by atoms with Crippen molar-refractivity contribution in [2.45, 2.75) is 26.5 Å². The molecule has 0 radical (unpaired) electrons. The van der Waals surface area contributed by atoms with Gasteiger partial charge in [0.05, 0.1) is 5.56 Å². The number of rotatable bonds is 7. The Kier molecular flexibility index (Phi) is 6.56. The number of aromatic nitrogens is 1. The molecular weight excluding hydrogens is 250 g/mol. The van der Waals surface area contributed by atoms with Crippen LogP contribution >= 0.6 is 0 Å². The summed E-state index contributed by atoms with van der Waals surface area (Å²) >= 11 is 0. The average molecular weight is 269 g/mol. The van der Waals surface area contributed by atoms with E-state index in [4.69, 9.17) is 13.6 Å². The van der Waals surface area contributed by atoms with Gasteiger partial charge in [-0.2, -0.15) is 0 Å². The Bertz CT molecular complexity index is 354. The molecule has 0 spiro atoms.